The lowest BCUT2D eigenvalue weighted by molar-refractivity contribution is 0.0993. The highest BCUT2D eigenvalue weighted by molar-refractivity contribution is 9.10. The summed E-state index contributed by atoms with van der Waals surface area (Å²) >= 11 is 3.49. The first kappa shape index (κ1) is 11.4. The highest BCUT2D eigenvalue weighted by Gasteiger charge is 2.09. The standard InChI is InChI=1S/C12H13BrN2O/c1-14-6-12(16)8-3-4-11-9(5-8)10(13)7-15(11)2/h3-5,7,14H,6H2,1-2H3. The fraction of sp³-hybridized carbons (Fsp3) is 0.250. The van der Waals surface area contributed by atoms with Crippen LogP contribution in [0.3, 0.4) is 0 Å². The third kappa shape index (κ3) is 1.90. The lowest BCUT2D eigenvalue weighted by Crippen LogP contribution is -2.18. The van der Waals surface area contributed by atoms with E-state index in [0.29, 0.717) is 6.54 Å². The maximum atomic E-state index is 11.7. The van der Waals surface area contributed by atoms with Gasteiger partial charge in [0, 0.05) is 34.2 Å². The molecule has 1 aromatic carbocycles. The average molecular weight is 281 g/mol. The summed E-state index contributed by atoms with van der Waals surface area (Å²) in [5, 5.41) is 3.94. The number of benzene rings is 1. The minimum absolute atomic E-state index is 0.111. The van der Waals surface area contributed by atoms with Gasteiger partial charge in [0.15, 0.2) is 5.78 Å². The Morgan fingerprint density at radius 3 is 2.94 bits per heavy atom. The molecule has 84 valence electrons. The predicted octanol–water partition coefficient (Wildman–Crippen LogP) is 2.34. The van der Waals surface area contributed by atoms with Gasteiger partial charge in [0.25, 0.3) is 0 Å². The second-order valence-electron chi connectivity index (χ2n) is 3.77. The lowest BCUT2D eigenvalue weighted by atomic mass is 10.1. The molecule has 2 rings (SSSR count). The van der Waals surface area contributed by atoms with Crippen LogP contribution in [0.1, 0.15) is 10.4 Å². The summed E-state index contributed by atoms with van der Waals surface area (Å²) in [6.07, 6.45) is 2.00. The van der Waals surface area contributed by atoms with Gasteiger partial charge in [0.2, 0.25) is 0 Å². The molecule has 0 aliphatic heterocycles. The first-order chi connectivity index (χ1) is 7.63. The molecule has 4 heteroatoms. The van der Waals surface area contributed by atoms with Gasteiger partial charge in [0.05, 0.1) is 6.54 Å². The molecule has 1 aromatic heterocycles. The van der Waals surface area contributed by atoms with Crippen LogP contribution in [-0.4, -0.2) is 23.9 Å². The third-order valence-corrected chi connectivity index (χ3v) is 3.23. The number of rotatable bonds is 3. The van der Waals surface area contributed by atoms with Gasteiger partial charge < -0.3 is 9.88 Å². The zero-order valence-corrected chi connectivity index (χ0v) is 10.8. The Balaban J connectivity index is 2.51. The SMILES string of the molecule is CNCC(=O)c1ccc2c(c1)c(Br)cn2C. The van der Waals surface area contributed by atoms with Crippen molar-refractivity contribution in [1.82, 2.24) is 9.88 Å². The van der Waals surface area contributed by atoms with Crippen LogP contribution in [0.5, 0.6) is 0 Å². The Bertz CT molecular complexity index is 545. The van der Waals surface area contributed by atoms with Crippen LogP contribution in [0.25, 0.3) is 10.9 Å². The van der Waals surface area contributed by atoms with Crippen molar-refractivity contribution in [3.05, 3.63) is 34.4 Å². The predicted molar refractivity (Wildman–Crippen MR) is 68.9 cm³/mol. The number of hydrogen-bond donors (Lipinski definition) is 1. The van der Waals surface area contributed by atoms with Gasteiger partial charge in [-0.25, -0.2) is 0 Å². The van der Waals surface area contributed by atoms with E-state index in [0.717, 1.165) is 20.9 Å². The van der Waals surface area contributed by atoms with Gasteiger partial charge in [-0.2, -0.15) is 0 Å². The molecule has 0 aliphatic carbocycles. The Morgan fingerprint density at radius 2 is 2.25 bits per heavy atom. The molecule has 0 saturated heterocycles. The molecule has 0 atom stereocenters. The van der Waals surface area contributed by atoms with Crippen molar-refractivity contribution in [1.29, 1.82) is 0 Å². The van der Waals surface area contributed by atoms with E-state index in [1.165, 1.54) is 0 Å². The second-order valence-corrected chi connectivity index (χ2v) is 4.63. The van der Waals surface area contributed by atoms with Crippen molar-refractivity contribution in [3.63, 3.8) is 0 Å². The van der Waals surface area contributed by atoms with Crippen LogP contribution in [0.2, 0.25) is 0 Å². The molecule has 2 aromatic rings. The van der Waals surface area contributed by atoms with Crippen LogP contribution >= 0.6 is 15.9 Å². The van der Waals surface area contributed by atoms with E-state index in [4.69, 9.17) is 0 Å². The Kier molecular flexibility index (Phi) is 3.12. The van der Waals surface area contributed by atoms with Gasteiger partial charge >= 0.3 is 0 Å². The summed E-state index contributed by atoms with van der Waals surface area (Å²) in [5.74, 6) is 0.111. The molecule has 3 nitrogen and oxygen atoms in total. The van der Waals surface area contributed by atoms with Crippen LogP contribution in [-0.2, 0) is 7.05 Å². The highest BCUT2D eigenvalue weighted by Crippen LogP contribution is 2.26. The van der Waals surface area contributed by atoms with Gasteiger partial charge in [0.1, 0.15) is 0 Å². The van der Waals surface area contributed by atoms with E-state index in [2.05, 4.69) is 21.2 Å². The first-order valence-electron chi connectivity index (χ1n) is 5.06. The molecule has 0 fully saturated rings. The van der Waals surface area contributed by atoms with Crippen LogP contribution in [0.15, 0.2) is 28.9 Å². The van der Waals surface area contributed by atoms with E-state index >= 15 is 0 Å². The number of likely N-dealkylation sites (N-methyl/N-ethyl adjacent to an activating group) is 1. The van der Waals surface area contributed by atoms with Crippen molar-refractivity contribution in [2.24, 2.45) is 7.05 Å². The van der Waals surface area contributed by atoms with E-state index in [1.807, 2.05) is 36.0 Å². The number of nitrogens with one attached hydrogen (secondary N) is 1. The molecule has 0 saturated carbocycles. The zero-order chi connectivity index (χ0) is 11.7. The normalized spacial score (nSPS) is 10.9. The summed E-state index contributed by atoms with van der Waals surface area (Å²) in [5.41, 5.74) is 1.86. The van der Waals surface area contributed by atoms with Crippen molar-refractivity contribution < 1.29 is 4.79 Å². The Labute approximate surface area is 103 Å². The van der Waals surface area contributed by atoms with Crippen LogP contribution in [0, 0.1) is 0 Å². The van der Waals surface area contributed by atoms with Crippen molar-refractivity contribution in [3.8, 4) is 0 Å². The summed E-state index contributed by atoms with van der Waals surface area (Å²) in [7, 11) is 3.76. The van der Waals surface area contributed by atoms with E-state index < -0.39 is 0 Å². The molecule has 0 bridgehead atoms. The van der Waals surface area contributed by atoms with Gasteiger partial charge in [-0.05, 0) is 41.2 Å². The summed E-state index contributed by atoms with van der Waals surface area (Å²) in [6, 6.07) is 5.77. The number of carbonyl (C=O) groups excluding carboxylic acids is 1. The Hall–Kier alpha value is -1.13. The molecule has 0 radical (unpaired) electrons. The summed E-state index contributed by atoms with van der Waals surface area (Å²) < 4.78 is 3.05. The number of nitrogens with zero attached hydrogens (tertiary/aromatic N) is 1. The fourth-order valence-corrected chi connectivity index (χ4v) is 2.40. The largest absolute Gasteiger partial charge is 0.349 e. The molecule has 1 heterocycles. The average Bonchev–Trinajstić information content (AvgIpc) is 2.55. The molecule has 0 spiro atoms. The molecule has 0 unspecified atom stereocenters. The molecule has 0 aliphatic rings. The minimum Gasteiger partial charge on any atom is -0.349 e. The second kappa shape index (κ2) is 4.39. The van der Waals surface area contributed by atoms with E-state index in [9.17, 15) is 4.79 Å². The number of carbonyl (C=O) groups is 1. The molecule has 0 amide bonds. The highest BCUT2D eigenvalue weighted by atomic mass is 79.9. The smallest absolute Gasteiger partial charge is 0.176 e. The zero-order valence-electron chi connectivity index (χ0n) is 9.25. The molecular weight excluding hydrogens is 268 g/mol. The topological polar surface area (TPSA) is 34.0 Å². The lowest BCUT2D eigenvalue weighted by Gasteiger charge is -2.01. The first-order valence-corrected chi connectivity index (χ1v) is 5.85. The van der Waals surface area contributed by atoms with Crippen LogP contribution in [0.4, 0.5) is 0 Å². The quantitative estimate of drug-likeness (QED) is 0.876. The number of fused-ring (bicyclic) bond motifs is 1. The van der Waals surface area contributed by atoms with Crippen LogP contribution < -0.4 is 5.32 Å². The molecule has 16 heavy (non-hydrogen) atoms. The monoisotopic (exact) mass is 280 g/mol. The van der Waals surface area contributed by atoms with Gasteiger partial charge in [-0.1, -0.05) is 0 Å². The van der Waals surface area contributed by atoms with E-state index in [-0.39, 0.29) is 5.78 Å². The maximum absolute atomic E-state index is 11.7. The fourth-order valence-electron chi connectivity index (χ4n) is 1.78. The molecule has 1 N–H and O–H groups in total. The number of hydrogen-bond acceptors (Lipinski definition) is 2. The van der Waals surface area contributed by atoms with E-state index in [1.54, 1.807) is 7.05 Å². The number of halogens is 1. The van der Waals surface area contributed by atoms with Gasteiger partial charge in [-0.15, -0.1) is 0 Å². The Morgan fingerprint density at radius 1 is 1.50 bits per heavy atom. The number of aromatic nitrogens is 1. The number of aryl methyl sites for hydroxylation is 1. The maximum Gasteiger partial charge on any atom is 0.176 e. The molecular formula is C12H13BrN2O. The summed E-state index contributed by atoms with van der Waals surface area (Å²) in [4.78, 5) is 11.7. The van der Waals surface area contributed by atoms with Crippen molar-refractivity contribution in [2.45, 2.75) is 0 Å². The minimum atomic E-state index is 0.111. The van der Waals surface area contributed by atoms with Gasteiger partial charge in [-0.3, -0.25) is 4.79 Å². The van der Waals surface area contributed by atoms with Crippen molar-refractivity contribution >= 4 is 32.6 Å². The number of Topliss-reactive ketones (excluding diaryl/α,β-unsaturated/α-hetero) is 1. The summed E-state index contributed by atoms with van der Waals surface area (Å²) in [6.45, 7) is 0.371. The third-order valence-electron chi connectivity index (χ3n) is 2.60. The van der Waals surface area contributed by atoms with Crippen molar-refractivity contribution in [2.75, 3.05) is 13.6 Å². The number of ketones is 1.